The van der Waals surface area contributed by atoms with Crippen molar-refractivity contribution < 1.29 is 0 Å². The largest absolute Gasteiger partial charge is 0.316 e. The molecule has 3 unspecified atom stereocenters. The van der Waals surface area contributed by atoms with Gasteiger partial charge in [0.2, 0.25) is 0 Å². The van der Waals surface area contributed by atoms with E-state index in [0.29, 0.717) is 0 Å². The molecule has 2 rings (SSSR count). The first-order valence-electron chi connectivity index (χ1n) is 7.68. The maximum Gasteiger partial charge on any atom is 0.0104 e. The summed E-state index contributed by atoms with van der Waals surface area (Å²) in [5.41, 5.74) is 0. The lowest BCUT2D eigenvalue weighted by atomic mass is 9.97. The van der Waals surface area contributed by atoms with E-state index >= 15 is 0 Å². The van der Waals surface area contributed by atoms with Crippen molar-refractivity contribution in [2.24, 2.45) is 11.8 Å². The molecular formula is C15H30N2. The van der Waals surface area contributed by atoms with E-state index in [-0.39, 0.29) is 0 Å². The minimum atomic E-state index is 0.845. The molecule has 2 heteroatoms. The Bertz CT molecular complexity index is 217. The van der Waals surface area contributed by atoms with Crippen molar-refractivity contribution in [3.63, 3.8) is 0 Å². The summed E-state index contributed by atoms with van der Waals surface area (Å²) >= 11 is 0. The zero-order chi connectivity index (χ0) is 12.1. The van der Waals surface area contributed by atoms with E-state index in [9.17, 15) is 0 Å². The van der Waals surface area contributed by atoms with Crippen LogP contribution in [0.25, 0.3) is 0 Å². The van der Waals surface area contributed by atoms with Gasteiger partial charge in [0.25, 0.3) is 0 Å². The second-order valence-electron chi connectivity index (χ2n) is 6.29. The van der Waals surface area contributed by atoms with Crippen LogP contribution < -0.4 is 5.32 Å². The molecule has 1 N–H and O–H groups in total. The third-order valence-corrected chi connectivity index (χ3v) is 5.02. The predicted octanol–water partition coefficient (Wildman–Crippen LogP) is 2.89. The average Bonchev–Trinajstić information content (AvgIpc) is 2.73. The third kappa shape index (κ3) is 3.96. The fraction of sp³-hybridized carbons (Fsp3) is 1.00. The minimum absolute atomic E-state index is 0.845. The molecule has 100 valence electrons. The van der Waals surface area contributed by atoms with E-state index in [1.807, 2.05) is 0 Å². The van der Waals surface area contributed by atoms with Crippen LogP contribution in [0.4, 0.5) is 0 Å². The van der Waals surface area contributed by atoms with Gasteiger partial charge in [0.05, 0.1) is 0 Å². The minimum Gasteiger partial charge on any atom is -0.316 e. The number of nitrogens with zero attached hydrogens (tertiary/aromatic N) is 1. The molecule has 1 heterocycles. The van der Waals surface area contributed by atoms with E-state index in [4.69, 9.17) is 0 Å². The van der Waals surface area contributed by atoms with Gasteiger partial charge in [0, 0.05) is 6.04 Å². The normalized spacial score (nSPS) is 35.3. The van der Waals surface area contributed by atoms with Gasteiger partial charge in [-0.3, -0.25) is 0 Å². The number of likely N-dealkylation sites (tertiary alicyclic amines) is 1. The molecule has 0 aromatic heterocycles. The maximum atomic E-state index is 3.70. The second kappa shape index (κ2) is 6.75. The van der Waals surface area contributed by atoms with Gasteiger partial charge in [-0.15, -0.1) is 0 Å². The Morgan fingerprint density at radius 1 is 1.12 bits per heavy atom. The molecule has 1 saturated heterocycles. The molecule has 2 nitrogen and oxygen atoms in total. The monoisotopic (exact) mass is 238 g/mol. The van der Waals surface area contributed by atoms with Crippen LogP contribution in [0.5, 0.6) is 0 Å². The zero-order valence-corrected chi connectivity index (χ0v) is 11.8. The Balaban J connectivity index is 1.56. The molecule has 17 heavy (non-hydrogen) atoms. The van der Waals surface area contributed by atoms with Crippen molar-refractivity contribution in [2.45, 2.75) is 57.9 Å². The summed E-state index contributed by atoms with van der Waals surface area (Å²) < 4.78 is 0. The lowest BCUT2D eigenvalue weighted by molar-refractivity contribution is 0.175. The molecule has 0 radical (unpaired) electrons. The van der Waals surface area contributed by atoms with E-state index in [0.717, 1.165) is 17.9 Å². The molecule has 3 atom stereocenters. The van der Waals surface area contributed by atoms with Crippen LogP contribution in [0.3, 0.4) is 0 Å². The number of piperidine rings is 1. The van der Waals surface area contributed by atoms with Crippen LogP contribution in [0.1, 0.15) is 51.9 Å². The summed E-state index contributed by atoms with van der Waals surface area (Å²) in [5.74, 6) is 1.92. The van der Waals surface area contributed by atoms with Gasteiger partial charge in [-0.2, -0.15) is 0 Å². The number of nitrogens with one attached hydrogen (secondary N) is 1. The first-order chi connectivity index (χ1) is 8.27. The number of rotatable bonds is 5. The highest BCUT2D eigenvalue weighted by molar-refractivity contribution is 4.78. The number of hydrogen-bond acceptors (Lipinski definition) is 2. The second-order valence-corrected chi connectivity index (χ2v) is 6.29. The van der Waals surface area contributed by atoms with Gasteiger partial charge in [-0.05, 0) is 64.2 Å². The molecular weight excluding hydrogens is 208 g/mol. The Labute approximate surface area is 107 Å². The average molecular weight is 238 g/mol. The third-order valence-electron chi connectivity index (χ3n) is 5.02. The van der Waals surface area contributed by atoms with Crippen molar-refractivity contribution >= 4 is 0 Å². The highest BCUT2D eigenvalue weighted by Gasteiger charge is 2.23. The van der Waals surface area contributed by atoms with Crippen LogP contribution in [0.2, 0.25) is 0 Å². The summed E-state index contributed by atoms with van der Waals surface area (Å²) in [6.07, 6.45) is 9.97. The summed E-state index contributed by atoms with van der Waals surface area (Å²) in [6, 6.07) is 0.845. The summed E-state index contributed by atoms with van der Waals surface area (Å²) in [6.45, 7) is 6.22. The first kappa shape index (κ1) is 13.4. The molecule has 0 spiro atoms. The van der Waals surface area contributed by atoms with Gasteiger partial charge in [-0.25, -0.2) is 0 Å². The quantitative estimate of drug-likeness (QED) is 0.741. The molecule has 2 aliphatic rings. The molecule has 0 amide bonds. The summed E-state index contributed by atoms with van der Waals surface area (Å²) in [4.78, 5) is 2.56. The molecule has 1 aliphatic carbocycles. The van der Waals surface area contributed by atoms with Gasteiger partial charge in [-0.1, -0.05) is 26.2 Å². The standard InChI is InChI=1S/C15H30N2/c1-13-6-5-7-14(13)12-16-10-9-15-8-3-4-11-17(15)2/h13-16H,3-12H2,1-2H3. The van der Waals surface area contributed by atoms with Gasteiger partial charge in [0.1, 0.15) is 0 Å². The Hall–Kier alpha value is -0.0800. The number of hydrogen-bond donors (Lipinski definition) is 1. The van der Waals surface area contributed by atoms with Crippen LogP contribution in [0, 0.1) is 11.8 Å². The van der Waals surface area contributed by atoms with Gasteiger partial charge < -0.3 is 10.2 Å². The van der Waals surface area contributed by atoms with Crippen LogP contribution in [-0.4, -0.2) is 37.6 Å². The molecule has 0 aromatic carbocycles. The summed E-state index contributed by atoms with van der Waals surface area (Å²) in [7, 11) is 2.29. The SMILES string of the molecule is CC1CCCC1CNCCC1CCCCN1C. The maximum absolute atomic E-state index is 3.70. The van der Waals surface area contributed by atoms with Crippen molar-refractivity contribution in [3.05, 3.63) is 0 Å². The fourth-order valence-electron chi connectivity index (χ4n) is 3.59. The molecule has 0 aromatic rings. The van der Waals surface area contributed by atoms with Crippen molar-refractivity contribution in [1.29, 1.82) is 0 Å². The Kier molecular flexibility index (Phi) is 5.30. The molecule has 1 aliphatic heterocycles. The summed E-state index contributed by atoms with van der Waals surface area (Å²) in [5, 5.41) is 3.70. The van der Waals surface area contributed by atoms with E-state index < -0.39 is 0 Å². The highest BCUT2D eigenvalue weighted by Crippen LogP contribution is 2.30. The van der Waals surface area contributed by atoms with E-state index in [2.05, 4.69) is 24.2 Å². The highest BCUT2D eigenvalue weighted by atomic mass is 15.1. The van der Waals surface area contributed by atoms with Crippen LogP contribution in [-0.2, 0) is 0 Å². The predicted molar refractivity (Wildman–Crippen MR) is 74.3 cm³/mol. The Morgan fingerprint density at radius 2 is 2.00 bits per heavy atom. The van der Waals surface area contributed by atoms with Crippen LogP contribution >= 0.6 is 0 Å². The zero-order valence-electron chi connectivity index (χ0n) is 11.8. The molecule has 2 fully saturated rings. The molecule has 0 bridgehead atoms. The van der Waals surface area contributed by atoms with Gasteiger partial charge in [0.15, 0.2) is 0 Å². The molecule has 1 saturated carbocycles. The Morgan fingerprint density at radius 3 is 2.71 bits per heavy atom. The smallest absolute Gasteiger partial charge is 0.0104 e. The first-order valence-corrected chi connectivity index (χ1v) is 7.68. The topological polar surface area (TPSA) is 15.3 Å². The van der Waals surface area contributed by atoms with Crippen molar-refractivity contribution in [2.75, 3.05) is 26.7 Å². The lowest BCUT2D eigenvalue weighted by Crippen LogP contribution is -2.38. The van der Waals surface area contributed by atoms with E-state index in [1.165, 1.54) is 64.6 Å². The van der Waals surface area contributed by atoms with Crippen molar-refractivity contribution in [3.8, 4) is 0 Å². The van der Waals surface area contributed by atoms with Crippen molar-refractivity contribution in [1.82, 2.24) is 10.2 Å². The lowest BCUT2D eigenvalue weighted by Gasteiger charge is -2.32. The van der Waals surface area contributed by atoms with Crippen LogP contribution in [0.15, 0.2) is 0 Å². The van der Waals surface area contributed by atoms with Gasteiger partial charge >= 0.3 is 0 Å². The fourth-order valence-corrected chi connectivity index (χ4v) is 3.59. The van der Waals surface area contributed by atoms with E-state index in [1.54, 1.807) is 0 Å².